The molecule has 0 aromatic rings. The number of hydrogen-bond acceptors (Lipinski definition) is 3. The summed E-state index contributed by atoms with van der Waals surface area (Å²) in [6.45, 7) is 12.7. The molecule has 19 heavy (non-hydrogen) atoms. The van der Waals surface area contributed by atoms with E-state index < -0.39 is 0 Å². The van der Waals surface area contributed by atoms with E-state index in [1.807, 2.05) is 0 Å². The lowest BCUT2D eigenvalue weighted by atomic mass is 9.93. The molecule has 2 atom stereocenters. The van der Waals surface area contributed by atoms with Gasteiger partial charge in [0.05, 0.1) is 6.61 Å². The maximum atomic E-state index is 9.58. The second-order valence-corrected chi connectivity index (χ2v) is 6.84. The third-order valence-corrected chi connectivity index (χ3v) is 4.37. The number of aliphatic hydroxyl groups is 1. The van der Waals surface area contributed by atoms with Crippen molar-refractivity contribution < 1.29 is 5.11 Å². The van der Waals surface area contributed by atoms with Gasteiger partial charge >= 0.3 is 0 Å². The van der Waals surface area contributed by atoms with Crippen LogP contribution in [0.15, 0.2) is 0 Å². The Hall–Kier alpha value is -0.120. The van der Waals surface area contributed by atoms with E-state index in [-0.39, 0.29) is 12.1 Å². The van der Waals surface area contributed by atoms with Gasteiger partial charge in [-0.25, -0.2) is 0 Å². The number of piperidine rings is 1. The van der Waals surface area contributed by atoms with Gasteiger partial charge in [0.15, 0.2) is 0 Å². The third-order valence-electron chi connectivity index (χ3n) is 4.37. The van der Waals surface area contributed by atoms with Crippen LogP contribution in [0.4, 0.5) is 0 Å². The van der Waals surface area contributed by atoms with E-state index in [0.717, 1.165) is 12.3 Å². The summed E-state index contributed by atoms with van der Waals surface area (Å²) < 4.78 is 0. The summed E-state index contributed by atoms with van der Waals surface area (Å²) in [5.41, 5.74) is -0.117. The van der Waals surface area contributed by atoms with Crippen LogP contribution in [0.25, 0.3) is 0 Å². The molecule has 0 aromatic heterocycles. The highest BCUT2D eigenvalue weighted by atomic mass is 16.3. The molecule has 0 bridgehead atoms. The largest absolute Gasteiger partial charge is 0.394 e. The molecule has 0 aromatic carbocycles. The van der Waals surface area contributed by atoms with Crippen molar-refractivity contribution in [2.75, 3.05) is 26.2 Å². The van der Waals surface area contributed by atoms with E-state index >= 15 is 0 Å². The Labute approximate surface area is 119 Å². The quantitative estimate of drug-likeness (QED) is 0.712. The Morgan fingerprint density at radius 1 is 1.42 bits per heavy atom. The molecule has 0 saturated carbocycles. The number of hydrogen-bond donors (Lipinski definition) is 2. The molecule has 1 aliphatic rings. The summed E-state index contributed by atoms with van der Waals surface area (Å²) in [6.07, 6.45) is 6.32. The van der Waals surface area contributed by atoms with Crippen LogP contribution in [-0.2, 0) is 0 Å². The van der Waals surface area contributed by atoms with Crippen LogP contribution in [0.5, 0.6) is 0 Å². The number of nitrogens with one attached hydrogen (secondary N) is 1. The minimum atomic E-state index is -0.117. The zero-order valence-electron chi connectivity index (χ0n) is 13.4. The highest BCUT2D eigenvalue weighted by Crippen LogP contribution is 2.20. The molecule has 0 aliphatic carbocycles. The second kappa shape index (κ2) is 8.23. The van der Waals surface area contributed by atoms with Crippen molar-refractivity contribution in [1.82, 2.24) is 10.2 Å². The monoisotopic (exact) mass is 270 g/mol. The van der Waals surface area contributed by atoms with Gasteiger partial charge in [0.1, 0.15) is 0 Å². The Morgan fingerprint density at radius 3 is 2.74 bits per heavy atom. The molecule has 3 nitrogen and oxygen atoms in total. The van der Waals surface area contributed by atoms with Gasteiger partial charge in [-0.3, -0.25) is 0 Å². The fraction of sp³-hybridized carbons (Fsp3) is 1.00. The molecule has 1 saturated heterocycles. The first-order valence-electron chi connectivity index (χ1n) is 8.10. The van der Waals surface area contributed by atoms with E-state index in [0.29, 0.717) is 6.04 Å². The molecule has 3 heteroatoms. The molecule has 0 radical (unpaired) electrons. The minimum absolute atomic E-state index is 0.117. The molecule has 2 unspecified atom stereocenters. The van der Waals surface area contributed by atoms with Gasteiger partial charge in [-0.2, -0.15) is 0 Å². The van der Waals surface area contributed by atoms with E-state index in [4.69, 9.17) is 0 Å². The minimum Gasteiger partial charge on any atom is -0.394 e. The molecule has 1 heterocycles. The van der Waals surface area contributed by atoms with Gasteiger partial charge in [-0.15, -0.1) is 0 Å². The normalized spacial score (nSPS) is 24.6. The summed E-state index contributed by atoms with van der Waals surface area (Å²) in [5.74, 6) is 0.909. The Morgan fingerprint density at radius 2 is 2.16 bits per heavy atom. The summed E-state index contributed by atoms with van der Waals surface area (Å²) in [7, 11) is 0. The van der Waals surface area contributed by atoms with Crippen molar-refractivity contribution in [3.63, 3.8) is 0 Å². The summed E-state index contributed by atoms with van der Waals surface area (Å²) in [5, 5.41) is 13.1. The molecule has 1 fully saturated rings. The van der Waals surface area contributed by atoms with Crippen LogP contribution in [-0.4, -0.2) is 47.8 Å². The molecular formula is C16H34N2O. The lowest BCUT2D eigenvalue weighted by Crippen LogP contribution is -2.49. The molecule has 0 amide bonds. The van der Waals surface area contributed by atoms with Crippen molar-refractivity contribution in [1.29, 1.82) is 0 Å². The number of aliphatic hydroxyl groups excluding tert-OH is 1. The summed E-state index contributed by atoms with van der Waals surface area (Å²) in [6, 6.07) is 0.427. The fourth-order valence-corrected chi connectivity index (χ4v) is 3.27. The smallest absolute Gasteiger partial charge is 0.0610 e. The van der Waals surface area contributed by atoms with Crippen molar-refractivity contribution >= 4 is 0 Å². The maximum absolute atomic E-state index is 9.58. The zero-order chi connectivity index (χ0) is 14.3. The first kappa shape index (κ1) is 16.9. The predicted octanol–water partition coefficient (Wildman–Crippen LogP) is 2.64. The number of nitrogens with zero attached hydrogens (tertiary/aromatic N) is 1. The van der Waals surface area contributed by atoms with Crippen LogP contribution in [0.2, 0.25) is 0 Å². The van der Waals surface area contributed by atoms with E-state index in [9.17, 15) is 5.11 Å². The van der Waals surface area contributed by atoms with Gasteiger partial charge < -0.3 is 15.3 Å². The van der Waals surface area contributed by atoms with E-state index in [1.165, 1.54) is 45.3 Å². The third kappa shape index (κ3) is 6.24. The highest BCUT2D eigenvalue weighted by Gasteiger charge is 2.24. The molecule has 0 spiro atoms. The second-order valence-electron chi connectivity index (χ2n) is 6.84. The van der Waals surface area contributed by atoms with Gasteiger partial charge in [0.25, 0.3) is 0 Å². The Balaban J connectivity index is 2.28. The van der Waals surface area contributed by atoms with Gasteiger partial charge in [0.2, 0.25) is 0 Å². The average molecular weight is 270 g/mol. The van der Waals surface area contributed by atoms with Gasteiger partial charge in [-0.05, 0) is 51.6 Å². The van der Waals surface area contributed by atoms with Crippen LogP contribution in [0.3, 0.4) is 0 Å². The molecule has 1 aliphatic heterocycles. The molecule has 1 rings (SSSR count). The predicted molar refractivity (Wildman–Crippen MR) is 82.5 cm³/mol. The lowest BCUT2D eigenvalue weighted by molar-refractivity contribution is 0.135. The average Bonchev–Trinajstić information content (AvgIpc) is 2.38. The van der Waals surface area contributed by atoms with Gasteiger partial charge in [0, 0.05) is 18.1 Å². The topological polar surface area (TPSA) is 35.5 Å². The van der Waals surface area contributed by atoms with Crippen molar-refractivity contribution in [3.8, 4) is 0 Å². The Kier molecular flexibility index (Phi) is 7.33. The summed E-state index contributed by atoms with van der Waals surface area (Å²) in [4.78, 5) is 2.62. The summed E-state index contributed by atoms with van der Waals surface area (Å²) >= 11 is 0. The first-order chi connectivity index (χ1) is 8.99. The van der Waals surface area contributed by atoms with E-state index in [1.54, 1.807) is 0 Å². The SMILES string of the molecule is CCC1CCCN(CCCC(C)(CO)NC(C)C)C1. The first-order valence-corrected chi connectivity index (χ1v) is 8.10. The van der Waals surface area contributed by atoms with Crippen molar-refractivity contribution in [2.24, 2.45) is 5.92 Å². The van der Waals surface area contributed by atoms with Gasteiger partial charge in [-0.1, -0.05) is 27.2 Å². The van der Waals surface area contributed by atoms with Crippen molar-refractivity contribution in [3.05, 3.63) is 0 Å². The standard InChI is InChI=1S/C16H34N2O/c1-5-15-8-6-10-18(12-15)11-7-9-16(4,13-19)17-14(2)3/h14-15,17,19H,5-13H2,1-4H3. The molecule has 2 N–H and O–H groups in total. The lowest BCUT2D eigenvalue weighted by Gasteiger charge is -2.35. The van der Waals surface area contributed by atoms with Crippen LogP contribution < -0.4 is 5.32 Å². The van der Waals surface area contributed by atoms with Crippen LogP contribution >= 0.6 is 0 Å². The number of likely N-dealkylation sites (tertiary alicyclic amines) is 1. The molecule has 114 valence electrons. The van der Waals surface area contributed by atoms with Crippen LogP contribution in [0, 0.1) is 5.92 Å². The fourth-order valence-electron chi connectivity index (χ4n) is 3.27. The maximum Gasteiger partial charge on any atom is 0.0610 e. The zero-order valence-corrected chi connectivity index (χ0v) is 13.4. The van der Waals surface area contributed by atoms with E-state index in [2.05, 4.69) is 37.9 Å². The van der Waals surface area contributed by atoms with Crippen molar-refractivity contribution in [2.45, 2.75) is 71.4 Å². The number of rotatable bonds is 8. The van der Waals surface area contributed by atoms with Crippen LogP contribution in [0.1, 0.15) is 59.8 Å². The Bertz CT molecular complexity index is 245. The highest BCUT2D eigenvalue weighted by molar-refractivity contribution is 4.84. The molecular weight excluding hydrogens is 236 g/mol.